The van der Waals surface area contributed by atoms with E-state index in [1.54, 1.807) is 0 Å². The van der Waals surface area contributed by atoms with Crippen LogP contribution < -0.4 is 0 Å². The van der Waals surface area contributed by atoms with Gasteiger partial charge in [0.25, 0.3) is 0 Å². The molecule has 0 N–H and O–H groups in total. The molecular weight excluding hydrogens is 920 g/mol. The van der Waals surface area contributed by atoms with Crippen molar-refractivity contribution in [2.24, 2.45) is 0 Å². The Labute approximate surface area is 441 Å². The Morgan fingerprint density at radius 3 is 0.817 bits per heavy atom. The fourth-order valence-corrected chi connectivity index (χ4v) is 20.3. The summed E-state index contributed by atoms with van der Waals surface area (Å²) in [6.45, 7) is 10.5. The molecule has 7 nitrogen and oxygen atoms in total. The molecular formula is C62H117O7PS. The van der Waals surface area contributed by atoms with Gasteiger partial charge in [0.2, 0.25) is 0 Å². The normalized spacial score (nSPS) is 12.6. The average molecular weight is 1040 g/mol. The van der Waals surface area contributed by atoms with Crippen LogP contribution in [0.3, 0.4) is 0 Å². The fourth-order valence-electron chi connectivity index (χ4n) is 10.6. The van der Waals surface area contributed by atoms with Crippen molar-refractivity contribution in [3.8, 4) is 0 Å². The number of rotatable bonds is 53. The van der Waals surface area contributed by atoms with E-state index >= 15 is 8.42 Å². The molecule has 0 fully saturated rings. The molecule has 0 amide bonds. The number of esters is 2. The second kappa shape index (κ2) is 44.8. The SMILES string of the molecule is CCCCCCCCCCCCCCP(CCCCCCCC)(CCCCCCCC)(CCCCCCCC)OS(=O)(=O)c1cc(C(=O)OCCCCCCCC)cc(C(=O)OCCCCCCCC)c1. The summed E-state index contributed by atoms with van der Waals surface area (Å²) >= 11 is 0. The molecule has 0 saturated carbocycles. The van der Waals surface area contributed by atoms with Gasteiger partial charge < -0.3 is 0 Å². The molecule has 0 aliphatic rings. The van der Waals surface area contributed by atoms with E-state index in [0.29, 0.717) is 0 Å². The zero-order valence-electron chi connectivity index (χ0n) is 47.9. The Morgan fingerprint density at radius 2 is 0.563 bits per heavy atom. The first-order valence-electron chi connectivity index (χ1n) is 31.0. The van der Waals surface area contributed by atoms with Gasteiger partial charge in [-0.2, -0.15) is 0 Å². The quantitative estimate of drug-likeness (QED) is 0.0364. The summed E-state index contributed by atoms with van der Waals surface area (Å²) in [5.74, 6) is -1.22. The molecule has 0 spiro atoms. The van der Waals surface area contributed by atoms with E-state index in [0.717, 1.165) is 147 Å². The molecule has 0 radical (unpaired) electrons. The standard InChI is InChI=1S/C62H117O7PS/c1-7-13-19-25-31-32-33-34-35-36-42-48-54-70(51-45-39-28-22-16-10-4,52-46-40-29-23-17-11-5,53-47-41-30-24-18-12-6)69-71(65,66)60-56-58(61(63)67-49-43-37-26-20-14-8-2)55-59(57-60)62(64)68-50-44-38-27-21-15-9-3/h55-57H,7-54H2,1-6H3. The van der Waals surface area contributed by atoms with Gasteiger partial charge in [-0.05, 0) is 0 Å². The van der Waals surface area contributed by atoms with Crippen LogP contribution in [0.1, 0.15) is 332 Å². The third-order valence-electron chi connectivity index (χ3n) is 15.2. The summed E-state index contributed by atoms with van der Waals surface area (Å²) in [5, 5.41) is 0. The minimum atomic E-state index is -4.44. The van der Waals surface area contributed by atoms with Crippen molar-refractivity contribution >= 4 is 28.9 Å². The summed E-state index contributed by atoms with van der Waals surface area (Å²) in [5.41, 5.74) is 0.132. The zero-order chi connectivity index (χ0) is 52.0. The molecule has 71 heavy (non-hydrogen) atoms. The first kappa shape index (κ1) is 67.5. The molecule has 0 unspecified atom stereocenters. The summed E-state index contributed by atoms with van der Waals surface area (Å²) < 4.78 is 50.0. The van der Waals surface area contributed by atoms with Crippen LogP contribution in [0.5, 0.6) is 0 Å². The Balaban J connectivity index is 3.78. The van der Waals surface area contributed by atoms with Crippen LogP contribution >= 0.6 is 6.83 Å². The van der Waals surface area contributed by atoms with Crippen molar-refractivity contribution in [3.63, 3.8) is 0 Å². The molecule has 0 aliphatic heterocycles. The van der Waals surface area contributed by atoms with Crippen molar-refractivity contribution in [1.29, 1.82) is 0 Å². The summed E-state index contributed by atoms with van der Waals surface area (Å²) in [7, 11) is -4.44. The fraction of sp³-hybridized carbons (Fsp3) is 0.871. The molecule has 1 aromatic rings. The Morgan fingerprint density at radius 1 is 0.338 bits per heavy atom. The van der Waals surface area contributed by atoms with Gasteiger partial charge in [0.1, 0.15) is 0 Å². The first-order valence-corrected chi connectivity index (χ1v) is 35.3. The molecule has 0 heterocycles. The van der Waals surface area contributed by atoms with Gasteiger partial charge in [-0.1, -0.05) is 52.9 Å². The van der Waals surface area contributed by atoms with Crippen molar-refractivity contribution in [3.05, 3.63) is 29.3 Å². The number of unbranched alkanes of at least 4 members (excludes halogenated alkanes) is 36. The van der Waals surface area contributed by atoms with Gasteiger partial charge in [0, 0.05) is 0 Å². The van der Waals surface area contributed by atoms with Crippen LogP contribution in [0.2, 0.25) is 0 Å². The van der Waals surface area contributed by atoms with E-state index in [9.17, 15) is 9.59 Å². The van der Waals surface area contributed by atoms with Crippen LogP contribution in [0.4, 0.5) is 0 Å². The molecule has 0 bridgehead atoms. The van der Waals surface area contributed by atoms with E-state index in [1.807, 2.05) is 0 Å². The van der Waals surface area contributed by atoms with Gasteiger partial charge in [0.15, 0.2) is 0 Å². The van der Waals surface area contributed by atoms with Crippen molar-refractivity contribution < 1.29 is 31.5 Å². The summed E-state index contributed by atoms with van der Waals surface area (Å²) in [4.78, 5) is 27.6. The Hall–Kier alpha value is -1.50. The molecule has 0 aromatic heterocycles. The van der Waals surface area contributed by atoms with Crippen LogP contribution in [0.25, 0.3) is 0 Å². The van der Waals surface area contributed by atoms with Crippen molar-refractivity contribution in [2.75, 3.05) is 37.9 Å². The maximum atomic E-state index is 15.5. The molecule has 0 atom stereocenters. The maximum absolute atomic E-state index is 15.5. The van der Waals surface area contributed by atoms with E-state index in [1.165, 1.54) is 166 Å². The number of benzene rings is 1. The third kappa shape index (κ3) is 33.2. The molecule has 0 aliphatic carbocycles. The van der Waals surface area contributed by atoms with Crippen molar-refractivity contribution in [1.82, 2.24) is 0 Å². The zero-order valence-corrected chi connectivity index (χ0v) is 49.6. The monoisotopic (exact) mass is 1040 g/mol. The van der Waals surface area contributed by atoms with Gasteiger partial charge >= 0.3 is 391 Å². The Kier molecular flexibility index (Phi) is 42.6. The van der Waals surface area contributed by atoms with Crippen LogP contribution in [0, 0.1) is 0 Å². The molecule has 0 saturated heterocycles. The second-order valence-electron chi connectivity index (χ2n) is 22.0. The number of carbonyl (C=O) groups is 2. The van der Waals surface area contributed by atoms with Crippen molar-refractivity contribution in [2.45, 2.75) is 316 Å². The van der Waals surface area contributed by atoms with Gasteiger partial charge in [0.05, 0.1) is 0 Å². The molecule has 9 heteroatoms. The van der Waals surface area contributed by atoms with Gasteiger partial charge in [-0.25, -0.2) is 0 Å². The predicted molar refractivity (Wildman–Crippen MR) is 310 cm³/mol. The van der Waals surface area contributed by atoms with Crippen LogP contribution in [-0.4, -0.2) is 58.2 Å². The third-order valence-corrected chi connectivity index (χ3v) is 24.3. The summed E-state index contributed by atoms with van der Waals surface area (Å²) in [6, 6.07) is 4.33. The molecule has 1 rings (SSSR count). The Bertz CT molecular complexity index is 1440. The number of carbonyl (C=O) groups excluding carboxylic acids is 2. The second-order valence-corrected chi connectivity index (χ2v) is 29.5. The predicted octanol–water partition coefficient (Wildman–Crippen LogP) is 20.7. The van der Waals surface area contributed by atoms with Crippen LogP contribution in [0.15, 0.2) is 23.1 Å². The summed E-state index contributed by atoms with van der Waals surface area (Å²) in [6.07, 6.45) is 51.6. The number of hydrogen-bond donors (Lipinski definition) is 0. The van der Waals surface area contributed by atoms with E-state index in [2.05, 4.69) is 41.5 Å². The van der Waals surface area contributed by atoms with E-state index in [4.69, 9.17) is 13.4 Å². The average Bonchev–Trinajstić information content (AvgIpc) is 3.36. The first-order chi connectivity index (χ1) is 34.6. The minimum absolute atomic E-state index is 0.0659. The molecule has 418 valence electrons. The van der Waals surface area contributed by atoms with E-state index in [-0.39, 0.29) is 29.2 Å². The van der Waals surface area contributed by atoms with Gasteiger partial charge in [-0.3, -0.25) is 0 Å². The topological polar surface area (TPSA) is 96.0 Å². The number of hydrogen-bond acceptors (Lipinski definition) is 7. The van der Waals surface area contributed by atoms with E-state index < -0.39 is 28.9 Å². The van der Waals surface area contributed by atoms with Crippen LogP contribution in [-0.2, 0) is 23.6 Å². The van der Waals surface area contributed by atoms with Gasteiger partial charge in [-0.15, -0.1) is 0 Å². The number of ether oxygens (including phenoxy) is 2. The molecule has 1 aromatic carbocycles.